The minimum absolute atomic E-state index is 0.305. The fraction of sp³-hybridized carbons (Fsp3) is 0.400. The van der Waals surface area contributed by atoms with E-state index in [1.807, 2.05) is 18.2 Å². The number of aryl methyl sites for hydroxylation is 1. The second-order valence-electron chi connectivity index (χ2n) is 9.10. The molecular formula is C25H28N8O4. The molecule has 3 N–H and O–H groups in total. The highest BCUT2D eigenvalue weighted by molar-refractivity contribution is 6.03. The van der Waals surface area contributed by atoms with Gasteiger partial charge in [0.05, 0.1) is 51.4 Å². The first-order valence-corrected chi connectivity index (χ1v) is 12.1. The molecule has 4 heterocycles. The van der Waals surface area contributed by atoms with Crippen LogP contribution >= 0.6 is 0 Å². The summed E-state index contributed by atoms with van der Waals surface area (Å²) in [6, 6.07) is 5.67. The van der Waals surface area contributed by atoms with E-state index in [1.54, 1.807) is 25.4 Å². The number of nitrogens with two attached hydrogens (primary N) is 1. The molecule has 2 aliphatic heterocycles. The van der Waals surface area contributed by atoms with Crippen LogP contribution in [0.15, 0.2) is 40.7 Å². The number of guanidine groups is 1. The number of hydrogen-bond acceptors (Lipinski definition) is 10. The number of hydrazine groups is 1. The standard InChI is InChI=1S/C25H28N8O4/c1-34-20-9-17-19(10-21(20)35-2)28-14-29-23(17)33-13-22(26)31-24(32-33)30-16-8-15-11-25(36-6-7-37-25)5-3-4-18(15)27-12-16/h8-10,12,14H,3-7,11,13H2,1-2H3,(H3,26,30,31,32). The van der Waals surface area contributed by atoms with Gasteiger partial charge in [-0.25, -0.2) is 15.0 Å². The summed E-state index contributed by atoms with van der Waals surface area (Å²) in [7, 11) is 3.17. The fourth-order valence-corrected chi connectivity index (χ4v) is 5.02. The summed E-state index contributed by atoms with van der Waals surface area (Å²) in [5.74, 6) is 1.92. The molecule has 1 spiro atoms. The molecule has 192 valence electrons. The molecule has 3 aromatic rings. The lowest BCUT2D eigenvalue weighted by atomic mass is 10.0. The smallest absolute Gasteiger partial charge is 0.244 e. The van der Waals surface area contributed by atoms with Gasteiger partial charge in [-0.05, 0) is 30.5 Å². The zero-order chi connectivity index (χ0) is 25.4. The number of nitrogens with zero attached hydrogens (tertiary/aromatic N) is 6. The van der Waals surface area contributed by atoms with E-state index in [0.29, 0.717) is 66.5 Å². The molecule has 1 aliphatic carbocycles. The number of benzene rings is 1. The number of fused-ring (bicyclic) bond motifs is 2. The molecule has 37 heavy (non-hydrogen) atoms. The molecule has 1 aromatic carbocycles. The van der Waals surface area contributed by atoms with Crippen LogP contribution < -0.4 is 25.6 Å². The zero-order valence-corrected chi connectivity index (χ0v) is 20.7. The number of ether oxygens (including phenoxy) is 4. The lowest BCUT2D eigenvalue weighted by Gasteiger charge is -2.29. The van der Waals surface area contributed by atoms with Crippen molar-refractivity contribution < 1.29 is 18.9 Å². The summed E-state index contributed by atoms with van der Waals surface area (Å²) in [5, 5.41) is 2.54. The highest BCUT2D eigenvalue weighted by Gasteiger charge is 2.38. The fourth-order valence-electron chi connectivity index (χ4n) is 5.02. The minimum atomic E-state index is -0.557. The van der Waals surface area contributed by atoms with Crippen molar-refractivity contribution in [2.45, 2.75) is 31.5 Å². The molecule has 3 aliphatic rings. The van der Waals surface area contributed by atoms with Crippen LogP contribution in [0.3, 0.4) is 0 Å². The number of amidine groups is 1. The Kier molecular flexibility index (Phi) is 5.97. The van der Waals surface area contributed by atoms with Crippen LogP contribution in [0.25, 0.3) is 10.9 Å². The van der Waals surface area contributed by atoms with Gasteiger partial charge in [0.15, 0.2) is 23.1 Å². The third-order valence-corrected chi connectivity index (χ3v) is 6.70. The average molecular weight is 505 g/mol. The van der Waals surface area contributed by atoms with Gasteiger partial charge in [0, 0.05) is 30.0 Å². The number of rotatable bonds is 4. The van der Waals surface area contributed by atoms with E-state index in [0.717, 1.165) is 35.9 Å². The highest BCUT2D eigenvalue weighted by Crippen LogP contribution is 2.36. The highest BCUT2D eigenvalue weighted by atomic mass is 16.7. The Morgan fingerprint density at radius 2 is 1.89 bits per heavy atom. The van der Waals surface area contributed by atoms with Crippen LogP contribution in [0, 0.1) is 0 Å². The topological polar surface area (TPSA) is 142 Å². The Labute approximate surface area is 213 Å². The second-order valence-corrected chi connectivity index (χ2v) is 9.10. The number of anilines is 1. The van der Waals surface area contributed by atoms with Gasteiger partial charge in [0.25, 0.3) is 0 Å². The van der Waals surface area contributed by atoms with Crippen LogP contribution in [0.5, 0.6) is 11.5 Å². The quantitative estimate of drug-likeness (QED) is 0.542. The van der Waals surface area contributed by atoms with Crippen molar-refractivity contribution in [2.24, 2.45) is 15.7 Å². The number of nitrogens with one attached hydrogen (secondary N) is 1. The Morgan fingerprint density at radius 1 is 1.08 bits per heavy atom. The normalized spacial score (nSPS) is 19.9. The van der Waals surface area contributed by atoms with Gasteiger partial charge in [-0.3, -0.25) is 15.4 Å². The number of hydrogen-bond donors (Lipinski definition) is 2. The molecule has 0 atom stereocenters. The second kappa shape index (κ2) is 9.45. The molecule has 12 heteroatoms. The first kappa shape index (κ1) is 23.4. The van der Waals surface area contributed by atoms with Crippen molar-refractivity contribution in [3.05, 3.63) is 42.0 Å². The third kappa shape index (κ3) is 4.49. The predicted molar refractivity (Wildman–Crippen MR) is 137 cm³/mol. The van der Waals surface area contributed by atoms with Crippen LogP contribution in [-0.4, -0.2) is 66.5 Å². The maximum atomic E-state index is 6.21. The van der Waals surface area contributed by atoms with Crippen LogP contribution in [0.1, 0.15) is 24.1 Å². The molecular weight excluding hydrogens is 476 g/mol. The SMILES string of the molecule is COc1cc2ncnc(N3CC(N)=NC(=Nc4cnc5c(c4)CC4(CCC5)OCCO4)N3)c2cc1OC. The lowest BCUT2D eigenvalue weighted by Crippen LogP contribution is -2.51. The molecule has 0 amide bonds. The van der Waals surface area contributed by atoms with E-state index >= 15 is 0 Å². The van der Waals surface area contributed by atoms with Crippen molar-refractivity contribution in [2.75, 3.05) is 39.0 Å². The Bertz CT molecular complexity index is 1400. The van der Waals surface area contributed by atoms with Gasteiger partial charge in [-0.1, -0.05) is 0 Å². The molecule has 1 saturated heterocycles. The van der Waals surface area contributed by atoms with E-state index in [1.165, 1.54) is 6.33 Å². The van der Waals surface area contributed by atoms with Crippen molar-refractivity contribution in [1.29, 1.82) is 0 Å². The van der Waals surface area contributed by atoms with Crippen molar-refractivity contribution in [1.82, 2.24) is 20.4 Å². The molecule has 0 unspecified atom stereocenters. The summed E-state index contributed by atoms with van der Waals surface area (Å²) < 4.78 is 22.9. The Morgan fingerprint density at radius 3 is 2.70 bits per heavy atom. The van der Waals surface area contributed by atoms with E-state index in [9.17, 15) is 0 Å². The Balaban J connectivity index is 1.32. The van der Waals surface area contributed by atoms with Crippen LogP contribution in [-0.2, 0) is 22.3 Å². The first-order chi connectivity index (χ1) is 18.1. The molecule has 1 fully saturated rings. The number of aromatic nitrogens is 3. The zero-order valence-electron chi connectivity index (χ0n) is 20.7. The van der Waals surface area contributed by atoms with E-state index in [-0.39, 0.29) is 0 Å². The minimum Gasteiger partial charge on any atom is -0.493 e. The summed E-state index contributed by atoms with van der Waals surface area (Å²) >= 11 is 0. The molecule has 6 rings (SSSR count). The van der Waals surface area contributed by atoms with E-state index in [2.05, 4.69) is 25.4 Å². The molecule has 2 aromatic heterocycles. The third-order valence-electron chi connectivity index (χ3n) is 6.70. The van der Waals surface area contributed by atoms with Gasteiger partial charge >= 0.3 is 0 Å². The van der Waals surface area contributed by atoms with Crippen molar-refractivity contribution in [3.63, 3.8) is 0 Å². The van der Waals surface area contributed by atoms with Gasteiger partial charge in [0.1, 0.15) is 12.2 Å². The Hall–Kier alpha value is -4.03. The van der Waals surface area contributed by atoms with Gasteiger partial charge in [-0.15, -0.1) is 0 Å². The van der Waals surface area contributed by atoms with Crippen LogP contribution in [0.4, 0.5) is 11.5 Å². The summed E-state index contributed by atoms with van der Waals surface area (Å²) in [5.41, 5.74) is 12.9. The molecule has 0 radical (unpaired) electrons. The summed E-state index contributed by atoms with van der Waals surface area (Å²) in [6.07, 6.45) is 6.60. The lowest BCUT2D eigenvalue weighted by molar-refractivity contribution is -0.160. The molecule has 0 bridgehead atoms. The average Bonchev–Trinajstić information content (AvgIpc) is 3.28. The number of methoxy groups -OCH3 is 2. The van der Waals surface area contributed by atoms with E-state index in [4.69, 9.17) is 29.7 Å². The summed E-state index contributed by atoms with van der Waals surface area (Å²) in [6.45, 7) is 1.54. The maximum absolute atomic E-state index is 6.21. The predicted octanol–water partition coefficient (Wildman–Crippen LogP) is 2.03. The monoisotopic (exact) mass is 504 g/mol. The molecule has 12 nitrogen and oxygen atoms in total. The number of pyridine rings is 1. The van der Waals surface area contributed by atoms with Crippen molar-refractivity contribution >= 4 is 34.2 Å². The largest absolute Gasteiger partial charge is 0.493 e. The molecule has 0 saturated carbocycles. The van der Waals surface area contributed by atoms with Gasteiger partial charge < -0.3 is 24.7 Å². The van der Waals surface area contributed by atoms with Gasteiger partial charge in [-0.2, -0.15) is 4.99 Å². The number of aliphatic imine (C=N–C) groups is 2. The summed E-state index contributed by atoms with van der Waals surface area (Å²) in [4.78, 5) is 22.7. The van der Waals surface area contributed by atoms with Gasteiger partial charge in [0.2, 0.25) is 5.96 Å². The van der Waals surface area contributed by atoms with Crippen LogP contribution in [0.2, 0.25) is 0 Å². The first-order valence-electron chi connectivity index (χ1n) is 12.1. The van der Waals surface area contributed by atoms with E-state index < -0.39 is 5.79 Å². The van der Waals surface area contributed by atoms with Crippen molar-refractivity contribution in [3.8, 4) is 11.5 Å². The maximum Gasteiger partial charge on any atom is 0.244 e.